The smallest absolute Gasteiger partial charge is 0.0592 e. The van der Waals surface area contributed by atoms with E-state index < -0.39 is 5.60 Å². The maximum atomic E-state index is 9.73. The zero-order valence-corrected chi connectivity index (χ0v) is 14.4. The molecule has 0 unspecified atom stereocenters. The van der Waals surface area contributed by atoms with E-state index in [1.165, 1.54) is 45.6 Å². The molecule has 0 radical (unpaired) electrons. The second kappa shape index (κ2) is 7.77. The Balaban J connectivity index is 2.08. The summed E-state index contributed by atoms with van der Waals surface area (Å²) in [4.78, 5) is 5.16. The van der Waals surface area contributed by atoms with Gasteiger partial charge in [-0.05, 0) is 58.0 Å². The highest BCUT2D eigenvalue weighted by Crippen LogP contribution is 2.20. The number of nitrogens with zero attached hydrogens (tertiary/aromatic N) is 2. The van der Waals surface area contributed by atoms with Gasteiger partial charge < -0.3 is 14.9 Å². The molecular formula is C17H36N2O. The van der Waals surface area contributed by atoms with E-state index in [1.807, 2.05) is 13.8 Å². The van der Waals surface area contributed by atoms with Crippen molar-refractivity contribution in [2.75, 3.05) is 39.3 Å². The summed E-state index contributed by atoms with van der Waals surface area (Å²) in [5.74, 6) is 0. The van der Waals surface area contributed by atoms with E-state index in [-0.39, 0.29) is 0 Å². The van der Waals surface area contributed by atoms with Crippen molar-refractivity contribution in [1.29, 1.82) is 0 Å². The summed E-state index contributed by atoms with van der Waals surface area (Å²) in [7, 11) is 0. The summed E-state index contributed by atoms with van der Waals surface area (Å²) in [5, 5.41) is 9.73. The molecule has 0 amide bonds. The van der Waals surface area contributed by atoms with Crippen LogP contribution in [0.1, 0.15) is 60.3 Å². The minimum absolute atomic E-state index is 0.471. The maximum absolute atomic E-state index is 9.73. The van der Waals surface area contributed by atoms with E-state index in [4.69, 9.17) is 0 Å². The number of aliphatic hydroxyl groups is 1. The van der Waals surface area contributed by atoms with Crippen molar-refractivity contribution >= 4 is 0 Å². The Morgan fingerprint density at radius 1 is 0.750 bits per heavy atom. The molecule has 1 rings (SSSR count). The average molecular weight is 284 g/mol. The lowest BCUT2D eigenvalue weighted by atomic mass is 9.90. The van der Waals surface area contributed by atoms with Gasteiger partial charge in [-0.3, -0.25) is 0 Å². The van der Waals surface area contributed by atoms with Crippen LogP contribution in [0.3, 0.4) is 0 Å². The Labute approximate surface area is 126 Å². The summed E-state index contributed by atoms with van der Waals surface area (Å²) in [6.07, 6.45) is 4.65. The second-order valence-corrected chi connectivity index (χ2v) is 8.26. The molecule has 0 aromatic heterocycles. The van der Waals surface area contributed by atoms with Gasteiger partial charge in [0.2, 0.25) is 0 Å². The molecule has 0 aromatic rings. The third kappa shape index (κ3) is 8.93. The van der Waals surface area contributed by atoms with Crippen LogP contribution >= 0.6 is 0 Å². The van der Waals surface area contributed by atoms with Gasteiger partial charge in [-0.15, -0.1) is 0 Å². The highest BCUT2D eigenvalue weighted by atomic mass is 16.3. The van der Waals surface area contributed by atoms with Crippen molar-refractivity contribution in [2.24, 2.45) is 5.41 Å². The van der Waals surface area contributed by atoms with E-state index >= 15 is 0 Å². The van der Waals surface area contributed by atoms with Crippen LogP contribution in [0.25, 0.3) is 0 Å². The highest BCUT2D eigenvalue weighted by molar-refractivity contribution is 4.74. The molecule has 1 aliphatic heterocycles. The Morgan fingerprint density at radius 3 is 1.50 bits per heavy atom. The zero-order chi connectivity index (χ0) is 15.2. The summed E-state index contributed by atoms with van der Waals surface area (Å²) in [6, 6.07) is 0. The van der Waals surface area contributed by atoms with Gasteiger partial charge in [0.05, 0.1) is 5.60 Å². The van der Waals surface area contributed by atoms with Crippen LogP contribution in [0.2, 0.25) is 0 Å². The molecule has 0 atom stereocenters. The van der Waals surface area contributed by atoms with Crippen molar-refractivity contribution in [3.8, 4) is 0 Å². The van der Waals surface area contributed by atoms with Gasteiger partial charge in [-0.2, -0.15) is 0 Å². The molecule has 1 aliphatic rings. The first kappa shape index (κ1) is 17.9. The first-order valence-corrected chi connectivity index (χ1v) is 8.33. The Kier molecular flexibility index (Phi) is 6.96. The van der Waals surface area contributed by atoms with Crippen LogP contribution in [0.5, 0.6) is 0 Å². The van der Waals surface area contributed by atoms with Crippen molar-refractivity contribution in [3.05, 3.63) is 0 Å². The van der Waals surface area contributed by atoms with Gasteiger partial charge in [-0.1, -0.05) is 20.8 Å². The van der Waals surface area contributed by atoms with Gasteiger partial charge >= 0.3 is 0 Å². The predicted molar refractivity (Wildman–Crippen MR) is 87.1 cm³/mol. The van der Waals surface area contributed by atoms with Gasteiger partial charge in [0.1, 0.15) is 0 Å². The van der Waals surface area contributed by atoms with Crippen molar-refractivity contribution in [1.82, 2.24) is 9.80 Å². The molecule has 3 nitrogen and oxygen atoms in total. The number of piperazine rings is 1. The Morgan fingerprint density at radius 2 is 1.15 bits per heavy atom. The zero-order valence-electron chi connectivity index (χ0n) is 14.4. The van der Waals surface area contributed by atoms with Crippen LogP contribution in [-0.4, -0.2) is 59.8 Å². The highest BCUT2D eigenvalue weighted by Gasteiger charge is 2.18. The van der Waals surface area contributed by atoms with Crippen molar-refractivity contribution in [3.63, 3.8) is 0 Å². The molecule has 20 heavy (non-hydrogen) atoms. The molecule has 1 saturated heterocycles. The molecule has 1 fully saturated rings. The summed E-state index contributed by atoms with van der Waals surface area (Å²) in [5.41, 5.74) is -0.0340. The Hall–Kier alpha value is -0.120. The molecule has 0 aromatic carbocycles. The SMILES string of the molecule is CC(C)(C)CCCN1CCN(CCCC(C)(C)O)CC1. The van der Waals surface area contributed by atoms with Gasteiger partial charge in [-0.25, -0.2) is 0 Å². The van der Waals surface area contributed by atoms with Crippen LogP contribution in [-0.2, 0) is 0 Å². The minimum Gasteiger partial charge on any atom is -0.390 e. The summed E-state index contributed by atoms with van der Waals surface area (Å²) < 4.78 is 0. The van der Waals surface area contributed by atoms with Gasteiger partial charge in [0, 0.05) is 26.2 Å². The van der Waals surface area contributed by atoms with E-state index in [2.05, 4.69) is 30.6 Å². The lowest BCUT2D eigenvalue weighted by molar-refractivity contribution is 0.0606. The normalized spacial score (nSPS) is 19.5. The molecule has 0 saturated carbocycles. The largest absolute Gasteiger partial charge is 0.390 e. The maximum Gasteiger partial charge on any atom is 0.0592 e. The first-order valence-electron chi connectivity index (χ1n) is 8.33. The molecule has 0 aliphatic carbocycles. The standard InChI is InChI=1S/C17H36N2O/c1-16(2,3)8-6-10-18-12-14-19(15-13-18)11-7-9-17(4,5)20/h20H,6-15H2,1-5H3. The molecule has 120 valence electrons. The molecule has 1 heterocycles. The quantitative estimate of drug-likeness (QED) is 0.778. The van der Waals surface area contributed by atoms with E-state index in [1.54, 1.807) is 0 Å². The van der Waals surface area contributed by atoms with E-state index in [0.717, 1.165) is 19.4 Å². The fraction of sp³-hybridized carbons (Fsp3) is 1.00. The third-order valence-electron chi connectivity index (χ3n) is 4.13. The Bertz CT molecular complexity index is 229. The minimum atomic E-state index is -0.505. The third-order valence-corrected chi connectivity index (χ3v) is 4.13. The lowest BCUT2D eigenvalue weighted by Gasteiger charge is -2.35. The number of hydrogen-bond donors (Lipinski definition) is 1. The molecule has 1 N–H and O–H groups in total. The lowest BCUT2D eigenvalue weighted by Crippen LogP contribution is -2.47. The van der Waals surface area contributed by atoms with Gasteiger partial charge in [0.25, 0.3) is 0 Å². The molecular weight excluding hydrogens is 248 g/mol. The van der Waals surface area contributed by atoms with Crippen LogP contribution in [0.15, 0.2) is 0 Å². The average Bonchev–Trinajstić information content (AvgIpc) is 2.28. The fourth-order valence-electron chi connectivity index (χ4n) is 2.80. The van der Waals surface area contributed by atoms with Gasteiger partial charge in [0.15, 0.2) is 0 Å². The summed E-state index contributed by atoms with van der Waals surface area (Å²) >= 11 is 0. The number of hydrogen-bond acceptors (Lipinski definition) is 3. The first-order chi connectivity index (χ1) is 9.16. The van der Waals surface area contributed by atoms with E-state index in [0.29, 0.717) is 5.41 Å². The van der Waals surface area contributed by atoms with Crippen LogP contribution in [0, 0.1) is 5.41 Å². The second-order valence-electron chi connectivity index (χ2n) is 8.26. The van der Waals surface area contributed by atoms with Crippen molar-refractivity contribution < 1.29 is 5.11 Å². The monoisotopic (exact) mass is 284 g/mol. The fourth-order valence-corrected chi connectivity index (χ4v) is 2.80. The topological polar surface area (TPSA) is 26.7 Å². The van der Waals surface area contributed by atoms with Crippen LogP contribution in [0.4, 0.5) is 0 Å². The molecule has 3 heteroatoms. The molecule has 0 bridgehead atoms. The number of rotatable bonds is 7. The predicted octanol–water partition coefficient (Wildman–Crippen LogP) is 2.98. The van der Waals surface area contributed by atoms with Crippen LogP contribution < -0.4 is 0 Å². The van der Waals surface area contributed by atoms with Crippen molar-refractivity contribution in [2.45, 2.75) is 65.9 Å². The summed E-state index contributed by atoms with van der Waals surface area (Å²) in [6.45, 7) is 18.0. The molecule has 0 spiro atoms. The van der Waals surface area contributed by atoms with E-state index in [9.17, 15) is 5.11 Å².